The summed E-state index contributed by atoms with van der Waals surface area (Å²) >= 11 is 0. The number of ether oxygens (including phenoxy) is 2. The molecular weight excluding hydrogens is 420 g/mol. The molecule has 1 saturated carbocycles. The Kier molecular flexibility index (Phi) is 9.30. The van der Waals surface area contributed by atoms with Gasteiger partial charge in [-0.2, -0.15) is 0 Å². The molecule has 0 radical (unpaired) electrons. The molecule has 2 amide bonds. The fourth-order valence-corrected chi connectivity index (χ4v) is 4.02. The van der Waals surface area contributed by atoms with E-state index in [4.69, 9.17) is 9.47 Å². The van der Waals surface area contributed by atoms with Crippen LogP contribution < -0.4 is 15.4 Å². The third kappa shape index (κ3) is 7.93. The van der Waals surface area contributed by atoms with Crippen molar-refractivity contribution < 1.29 is 23.9 Å². The molecule has 1 fully saturated rings. The molecule has 3 rings (SSSR count). The zero-order chi connectivity index (χ0) is 23.5. The second-order valence-corrected chi connectivity index (χ2v) is 8.24. The van der Waals surface area contributed by atoms with E-state index in [0.717, 1.165) is 12.0 Å². The molecular formula is C26H32N2O5. The molecule has 0 atom stereocenters. The number of hydrogen-bond acceptors (Lipinski definition) is 5. The predicted octanol–water partition coefficient (Wildman–Crippen LogP) is 5.45. The van der Waals surface area contributed by atoms with Crippen molar-refractivity contribution >= 4 is 23.7 Å². The standard InChI is InChI=1S/C26H32N2O5/c1-2-32-26(31)33-22-15-13-20(14-16-22)25(30)27-18-21-10-6-7-11-23(21)28-24(29)17-12-19-8-4-3-5-9-19/h6-7,10-11,13-16,19H,2-5,8-9,12,17-18H2,1H3,(H,27,30)(H,28,29). The van der Waals surface area contributed by atoms with Crippen molar-refractivity contribution in [2.75, 3.05) is 11.9 Å². The summed E-state index contributed by atoms with van der Waals surface area (Å²) in [5, 5.41) is 5.87. The predicted molar refractivity (Wildman–Crippen MR) is 126 cm³/mol. The van der Waals surface area contributed by atoms with Crippen LogP contribution in [0.2, 0.25) is 0 Å². The normalized spacial score (nSPS) is 13.7. The highest BCUT2D eigenvalue weighted by atomic mass is 16.7. The van der Waals surface area contributed by atoms with Crippen LogP contribution in [0.25, 0.3) is 0 Å². The summed E-state index contributed by atoms with van der Waals surface area (Å²) in [5.74, 6) is 0.701. The van der Waals surface area contributed by atoms with Gasteiger partial charge in [0.15, 0.2) is 0 Å². The van der Waals surface area contributed by atoms with Crippen LogP contribution in [0.15, 0.2) is 48.5 Å². The van der Waals surface area contributed by atoms with Crippen molar-refractivity contribution in [3.05, 3.63) is 59.7 Å². The Hall–Kier alpha value is -3.35. The first-order valence-corrected chi connectivity index (χ1v) is 11.7. The lowest BCUT2D eigenvalue weighted by atomic mass is 9.86. The number of rotatable bonds is 9. The molecule has 176 valence electrons. The Labute approximate surface area is 194 Å². The number of para-hydroxylation sites is 1. The lowest BCUT2D eigenvalue weighted by Crippen LogP contribution is -2.24. The van der Waals surface area contributed by atoms with E-state index in [2.05, 4.69) is 10.6 Å². The van der Waals surface area contributed by atoms with Gasteiger partial charge in [-0.25, -0.2) is 4.79 Å². The number of nitrogens with one attached hydrogen (secondary N) is 2. The van der Waals surface area contributed by atoms with Gasteiger partial charge in [0.2, 0.25) is 5.91 Å². The third-order valence-corrected chi connectivity index (χ3v) is 5.82. The van der Waals surface area contributed by atoms with Crippen molar-refractivity contribution in [1.82, 2.24) is 5.32 Å². The first-order valence-electron chi connectivity index (χ1n) is 11.7. The average Bonchev–Trinajstić information content (AvgIpc) is 2.83. The molecule has 0 bridgehead atoms. The van der Waals surface area contributed by atoms with Gasteiger partial charge in [-0.15, -0.1) is 0 Å². The number of benzene rings is 2. The number of anilines is 1. The Morgan fingerprint density at radius 1 is 0.970 bits per heavy atom. The van der Waals surface area contributed by atoms with Gasteiger partial charge in [0, 0.05) is 24.2 Å². The number of carbonyl (C=O) groups is 3. The summed E-state index contributed by atoms with van der Waals surface area (Å²) in [6, 6.07) is 13.7. The smallest absolute Gasteiger partial charge is 0.434 e. The SMILES string of the molecule is CCOC(=O)Oc1ccc(C(=O)NCc2ccccc2NC(=O)CCC2CCCCC2)cc1. The van der Waals surface area contributed by atoms with Crippen LogP contribution in [-0.2, 0) is 16.1 Å². The van der Waals surface area contributed by atoms with Crippen LogP contribution in [0.3, 0.4) is 0 Å². The maximum atomic E-state index is 12.5. The summed E-state index contributed by atoms with van der Waals surface area (Å²) in [5.41, 5.74) is 1.98. The van der Waals surface area contributed by atoms with E-state index in [0.29, 0.717) is 29.3 Å². The zero-order valence-electron chi connectivity index (χ0n) is 19.1. The molecule has 0 heterocycles. The van der Waals surface area contributed by atoms with E-state index in [1.54, 1.807) is 19.1 Å². The maximum Gasteiger partial charge on any atom is 0.513 e. The van der Waals surface area contributed by atoms with Gasteiger partial charge in [0.05, 0.1) is 6.61 Å². The second-order valence-electron chi connectivity index (χ2n) is 8.24. The van der Waals surface area contributed by atoms with Crippen LogP contribution >= 0.6 is 0 Å². The molecule has 1 aliphatic carbocycles. The number of hydrogen-bond donors (Lipinski definition) is 2. The topological polar surface area (TPSA) is 93.7 Å². The molecule has 0 saturated heterocycles. The van der Waals surface area contributed by atoms with Crippen LogP contribution in [0.5, 0.6) is 5.75 Å². The summed E-state index contributed by atoms with van der Waals surface area (Å²) in [6.45, 7) is 2.19. The van der Waals surface area contributed by atoms with Crippen molar-refractivity contribution in [3.63, 3.8) is 0 Å². The van der Waals surface area contributed by atoms with Crippen molar-refractivity contribution in [2.45, 2.75) is 58.4 Å². The van der Waals surface area contributed by atoms with E-state index in [9.17, 15) is 14.4 Å². The van der Waals surface area contributed by atoms with Gasteiger partial charge in [0.1, 0.15) is 5.75 Å². The first-order chi connectivity index (χ1) is 16.0. The van der Waals surface area contributed by atoms with E-state index >= 15 is 0 Å². The molecule has 2 N–H and O–H groups in total. The Morgan fingerprint density at radius 2 is 1.70 bits per heavy atom. The minimum Gasteiger partial charge on any atom is -0.434 e. The van der Waals surface area contributed by atoms with Gasteiger partial charge in [-0.05, 0) is 55.2 Å². The van der Waals surface area contributed by atoms with E-state index in [1.165, 1.54) is 44.2 Å². The molecule has 0 spiro atoms. The quantitative estimate of drug-likeness (QED) is 0.390. The second kappa shape index (κ2) is 12.6. The van der Waals surface area contributed by atoms with Crippen LogP contribution in [0.4, 0.5) is 10.5 Å². The molecule has 1 aliphatic rings. The van der Waals surface area contributed by atoms with E-state index in [1.807, 2.05) is 24.3 Å². The maximum absolute atomic E-state index is 12.5. The minimum absolute atomic E-state index is 0.0107. The Morgan fingerprint density at radius 3 is 2.42 bits per heavy atom. The monoisotopic (exact) mass is 452 g/mol. The van der Waals surface area contributed by atoms with Gasteiger partial charge in [-0.3, -0.25) is 9.59 Å². The third-order valence-electron chi connectivity index (χ3n) is 5.82. The molecule has 33 heavy (non-hydrogen) atoms. The summed E-state index contributed by atoms with van der Waals surface area (Å²) in [7, 11) is 0. The average molecular weight is 453 g/mol. The van der Waals surface area contributed by atoms with Gasteiger partial charge in [0.25, 0.3) is 5.91 Å². The van der Waals surface area contributed by atoms with E-state index < -0.39 is 6.16 Å². The highest BCUT2D eigenvalue weighted by molar-refractivity contribution is 5.95. The molecule has 2 aromatic carbocycles. The zero-order valence-corrected chi connectivity index (χ0v) is 19.1. The Balaban J connectivity index is 1.50. The Bertz CT molecular complexity index is 936. The first kappa shape index (κ1) is 24.3. The van der Waals surface area contributed by atoms with Crippen molar-refractivity contribution in [2.24, 2.45) is 5.92 Å². The number of amides is 2. The van der Waals surface area contributed by atoms with Gasteiger partial charge in [-0.1, -0.05) is 50.3 Å². The fraction of sp³-hybridized carbons (Fsp3) is 0.423. The number of carbonyl (C=O) groups excluding carboxylic acids is 3. The lowest BCUT2D eigenvalue weighted by Gasteiger charge is -2.21. The molecule has 2 aromatic rings. The summed E-state index contributed by atoms with van der Waals surface area (Å²) < 4.78 is 9.72. The fourth-order valence-electron chi connectivity index (χ4n) is 4.02. The van der Waals surface area contributed by atoms with Gasteiger partial charge >= 0.3 is 6.16 Å². The highest BCUT2D eigenvalue weighted by Gasteiger charge is 2.16. The molecule has 0 unspecified atom stereocenters. The molecule has 0 aliphatic heterocycles. The van der Waals surface area contributed by atoms with Crippen molar-refractivity contribution in [1.29, 1.82) is 0 Å². The highest BCUT2D eigenvalue weighted by Crippen LogP contribution is 2.27. The molecule has 7 nitrogen and oxygen atoms in total. The van der Waals surface area contributed by atoms with Crippen molar-refractivity contribution in [3.8, 4) is 5.75 Å². The van der Waals surface area contributed by atoms with Gasteiger partial charge < -0.3 is 20.1 Å². The summed E-state index contributed by atoms with van der Waals surface area (Å²) in [4.78, 5) is 36.4. The summed E-state index contributed by atoms with van der Waals surface area (Å²) in [6.07, 6.45) is 6.98. The van der Waals surface area contributed by atoms with Crippen LogP contribution in [0, 0.1) is 5.92 Å². The molecule has 7 heteroatoms. The largest absolute Gasteiger partial charge is 0.513 e. The molecule has 0 aromatic heterocycles. The van der Waals surface area contributed by atoms with Crippen LogP contribution in [0.1, 0.15) is 67.8 Å². The lowest BCUT2D eigenvalue weighted by molar-refractivity contribution is -0.116. The van der Waals surface area contributed by atoms with Crippen LogP contribution in [-0.4, -0.2) is 24.6 Å². The van der Waals surface area contributed by atoms with E-state index in [-0.39, 0.29) is 25.0 Å². The minimum atomic E-state index is -0.785.